The normalized spacial score (nSPS) is 17.4. The van der Waals surface area contributed by atoms with Crippen molar-refractivity contribution in [2.45, 2.75) is 51.5 Å². The maximum atomic E-state index is 12.1. The molecule has 0 saturated heterocycles. The molecule has 4 nitrogen and oxygen atoms in total. The number of amides is 1. The van der Waals surface area contributed by atoms with E-state index in [1.165, 1.54) is 30.7 Å². The average Bonchev–Trinajstić information content (AvgIpc) is 2.90. The SMILES string of the molecule is O=C(NCc1nc2c(n1-c1ccccc1)CCCC2)C1CCC1. The van der Waals surface area contributed by atoms with Gasteiger partial charge in [0.25, 0.3) is 0 Å². The van der Waals surface area contributed by atoms with E-state index < -0.39 is 0 Å². The van der Waals surface area contributed by atoms with Crippen molar-refractivity contribution in [1.29, 1.82) is 0 Å². The largest absolute Gasteiger partial charge is 0.349 e. The Morgan fingerprint density at radius 1 is 1.13 bits per heavy atom. The first-order chi connectivity index (χ1) is 11.3. The van der Waals surface area contributed by atoms with Crippen LogP contribution in [0.25, 0.3) is 5.69 Å². The van der Waals surface area contributed by atoms with Crippen molar-refractivity contribution >= 4 is 5.91 Å². The van der Waals surface area contributed by atoms with Gasteiger partial charge in [-0.25, -0.2) is 4.98 Å². The van der Waals surface area contributed by atoms with Crippen molar-refractivity contribution < 1.29 is 4.79 Å². The molecule has 0 aliphatic heterocycles. The van der Waals surface area contributed by atoms with Crippen LogP contribution in [-0.2, 0) is 24.2 Å². The average molecular weight is 309 g/mol. The van der Waals surface area contributed by atoms with Gasteiger partial charge in [-0.15, -0.1) is 0 Å². The lowest BCUT2D eigenvalue weighted by Gasteiger charge is -2.24. The Balaban J connectivity index is 1.62. The fourth-order valence-corrected chi connectivity index (χ4v) is 3.58. The molecule has 0 atom stereocenters. The Hall–Kier alpha value is -2.10. The number of aryl methyl sites for hydroxylation is 1. The molecule has 1 aromatic heterocycles. The van der Waals surface area contributed by atoms with E-state index in [4.69, 9.17) is 4.98 Å². The van der Waals surface area contributed by atoms with Gasteiger partial charge in [0.15, 0.2) is 0 Å². The minimum absolute atomic E-state index is 0.192. The second-order valence-corrected chi connectivity index (χ2v) is 6.65. The molecule has 1 fully saturated rings. The van der Waals surface area contributed by atoms with Gasteiger partial charge in [-0.2, -0.15) is 0 Å². The summed E-state index contributed by atoms with van der Waals surface area (Å²) >= 11 is 0. The molecule has 1 heterocycles. The summed E-state index contributed by atoms with van der Waals surface area (Å²) in [7, 11) is 0. The monoisotopic (exact) mass is 309 g/mol. The number of hydrogen-bond donors (Lipinski definition) is 1. The Morgan fingerprint density at radius 2 is 1.91 bits per heavy atom. The van der Waals surface area contributed by atoms with E-state index in [9.17, 15) is 4.79 Å². The van der Waals surface area contributed by atoms with Crippen LogP contribution in [0.1, 0.15) is 49.3 Å². The number of nitrogens with one attached hydrogen (secondary N) is 1. The first kappa shape index (κ1) is 14.5. The van der Waals surface area contributed by atoms with Crippen LogP contribution in [-0.4, -0.2) is 15.5 Å². The fraction of sp³-hybridized carbons (Fsp3) is 0.474. The van der Waals surface area contributed by atoms with Gasteiger partial charge in [0.2, 0.25) is 5.91 Å². The third kappa shape index (κ3) is 2.78. The van der Waals surface area contributed by atoms with Gasteiger partial charge in [0, 0.05) is 17.3 Å². The van der Waals surface area contributed by atoms with E-state index in [0.29, 0.717) is 6.54 Å². The molecular formula is C19H23N3O. The predicted molar refractivity (Wildman–Crippen MR) is 89.4 cm³/mol. The second-order valence-electron chi connectivity index (χ2n) is 6.65. The van der Waals surface area contributed by atoms with Crippen LogP contribution in [0.15, 0.2) is 30.3 Å². The molecule has 120 valence electrons. The van der Waals surface area contributed by atoms with Crippen LogP contribution in [0.5, 0.6) is 0 Å². The van der Waals surface area contributed by atoms with Gasteiger partial charge in [-0.3, -0.25) is 9.36 Å². The number of imidazole rings is 1. The van der Waals surface area contributed by atoms with Crippen molar-refractivity contribution in [2.24, 2.45) is 5.92 Å². The molecule has 1 aromatic carbocycles. The van der Waals surface area contributed by atoms with Crippen LogP contribution in [0.4, 0.5) is 0 Å². The smallest absolute Gasteiger partial charge is 0.223 e. The molecule has 0 radical (unpaired) electrons. The number of fused-ring (bicyclic) bond motifs is 1. The minimum atomic E-state index is 0.192. The van der Waals surface area contributed by atoms with Crippen LogP contribution in [0, 0.1) is 5.92 Å². The lowest BCUT2D eigenvalue weighted by Crippen LogP contribution is -2.34. The van der Waals surface area contributed by atoms with Crippen LogP contribution in [0.3, 0.4) is 0 Å². The summed E-state index contributed by atoms with van der Waals surface area (Å²) in [5, 5.41) is 3.10. The standard InChI is InChI=1S/C19H23N3O/c23-19(14-7-6-8-14)20-13-18-21-16-11-4-5-12-17(16)22(18)15-9-2-1-3-10-15/h1-3,9-10,14H,4-8,11-13H2,(H,20,23). The quantitative estimate of drug-likeness (QED) is 0.943. The first-order valence-corrected chi connectivity index (χ1v) is 8.75. The molecule has 2 aliphatic carbocycles. The van der Waals surface area contributed by atoms with Crippen molar-refractivity contribution in [3.8, 4) is 5.69 Å². The number of nitrogens with zero attached hydrogens (tertiary/aromatic N) is 2. The van der Waals surface area contributed by atoms with Crippen LogP contribution >= 0.6 is 0 Å². The molecule has 0 unspecified atom stereocenters. The minimum Gasteiger partial charge on any atom is -0.349 e. The summed E-state index contributed by atoms with van der Waals surface area (Å²) in [6.45, 7) is 0.525. The Bertz CT molecular complexity index is 701. The summed E-state index contributed by atoms with van der Waals surface area (Å²) in [6, 6.07) is 10.4. The Kier molecular flexibility index (Phi) is 3.90. The Morgan fingerprint density at radius 3 is 2.65 bits per heavy atom. The molecule has 23 heavy (non-hydrogen) atoms. The van der Waals surface area contributed by atoms with Gasteiger partial charge in [-0.1, -0.05) is 24.6 Å². The summed E-state index contributed by atoms with van der Waals surface area (Å²) in [5.74, 6) is 1.39. The highest BCUT2D eigenvalue weighted by atomic mass is 16.1. The number of para-hydroxylation sites is 1. The van der Waals surface area contributed by atoms with E-state index in [1.807, 2.05) is 6.07 Å². The van der Waals surface area contributed by atoms with Gasteiger partial charge < -0.3 is 5.32 Å². The molecule has 1 N–H and O–H groups in total. The zero-order valence-electron chi connectivity index (χ0n) is 13.4. The molecule has 0 bridgehead atoms. The van der Waals surface area contributed by atoms with Crippen LogP contribution in [0.2, 0.25) is 0 Å². The number of carbonyl (C=O) groups excluding carboxylic acids is 1. The summed E-state index contributed by atoms with van der Waals surface area (Å²) < 4.78 is 2.26. The summed E-state index contributed by atoms with van der Waals surface area (Å²) in [5.41, 5.74) is 3.69. The van der Waals surface area contributed by atoms with Gasteiger partial charge >= 0.3 is 0 Å². The molecule has 4 rings (SSSR count). The maximum absolute atomic E-state index is 12.1. The van der Waals surface area contributed by atoms with E-state index in [-0.39, 0.29) is 11.8 Å². The van der Waals surface area contributed by atoms with E-state index in [0.717, 1.165) is 37.2 Å². The number of benzene rings is 1. The molecule has 0 spiro atoms. The van der Waals surface area contributed by atoms with Crippen molar-refractivity contribution in [3.05, 3.63) is 47.5 Å². The highest BCUT2D eigenvalue weighted by Crippen LogP contribution is 2.27. The number of carbonyl (C=O) groups is 1. The molecule has 2 aromatic rings. The molecule has 1 saturated carbocycles. The van der Waals surface area contributed by atoms with Crippen molar-refractivity contribution in [2.75, 3.05) is 0 Å². The van der Waals surface area contributed by atoms with Gasteiger partial charge in [0.05, 0.1) is 12.2 Å². The molecular weight excluding hydrogens is 286 g/mol. The maximum Gasteiger partial charge on any atom is 0.223 e. The van der Waals surface area contributed by atoms with E-state index in [1.54, 1.807) is 0 Å². The molecule has 2 aliphatic rings. The Labute approximate surface area is 136 Å². The zero-order chi connectivity index (χ0) is 15.6. The van der Waals surface area contributed by atoms with E-state index >= 15 is 0 Å². The third-order valence-corrected chi connectivity index (χ3v) is 5.11. The first-order valence-electron chi connectivity index (χ1n) is 8.75. The number of rotatable bonds is 4. The highest BCUT2D eigenvalue weighted by molar-refractivity contribution is 5.79. The molecule has 1 amide bonds. The second kappa shape index (κ2) is 6.19. The highest BCUT2D eigenvalue weighted by Gasteiger charge is 2.26. The third-order valence-electron chi connectivity index (χ3n) is 5.11. The van der Waals surface area contributed by atoms with Crippen molar-refractivity contribution in [1.82, 2.24) is 14.9 Å². The van der Waals surface area contributed by atoms with Crippen LogP contribution < -0.4 is 5.32 Å². The lowest BCUT2D eigenvalue weighted by molar-refractivity contribution is -0.127. The predicted octanol–water partition coefficient (Wildman–Crippen LogP) is 3.17. The number of hydrogen-bond acceptors (Lipinski definition) is 2. The van der Waals surface area contributed by atoms with Gasteiger partial charge in [0.1, 0.15) is 5.82 Å². The van der Waals surface area contributed by atoms with Crippen molar-refractivity contribution in [3.63, 3.8) is 0 Å². The molecule has 4 heteroatoms. The number of aromatic nitrogens is 2. The summed E-state index contributed by atoms with van der Waals surface area (Å²) in [6.07, 6.45) is 7.83. The topological polar surface area (TPSA) is 46.9 Å². The zero-order valence-corrected chi connectivity index (χ0v) is 13.4. The van der Waals surface area contributed by atoms with E-state index in [2.05, 4.69) is 34.1 Å². The lowest BCUT2D eigenvalue weighted by atomic mass is 9.85. The van der Waals surface area contributed by atoms with Gasteiger partial charge in [-0.05, 0) is 50.7 Å². The fourth-order valence-electron chi connectivity index (χ4n) is 3.58. The summed E-state index contributed by atoms with van der Waals surface area (Å²) in [4.78, 5) is 17.0.